The molecule has 5 nitrogen and oxygen atoms in total. The molecule has 1 aromatic rings. The molecule has 1 amide bonds. The number of benzene rings is 1. The van der Waals surface area contributed by atoms with Crippen molar-refractivity contribution < 1.29 is 19.4 Å². The number of carboxylic acid groups (broad SMARTS) is 1. The minimum absolute atomic E-state index is 0.0863. The number of hydrogen-bond donors (Lipinski definition) is 1. The van der Waals surface area contributed by atoms with Crippen LogP contribution in [0.2, 0.25) is 0 Å². The van der Waals surface area contributed by atoms with E-state index in [1.54, 1.807) is 0 Å². The fourth-order valence-corrected chi connectivity index (χ4v) is 2.91. The molecule has 1 atom stereocenters. The van der Waals surface area contributed by atoms with Crippen molar-refractivity contribution in [3.63, 3.8) is 0 Å². The topological polar surface area (TPSA) is 66.8 Å². The number of amides is 1. The van der Waals surface area contributed by atoms with Crippen molar-refractivity contribution in [2.45, 2.75) is 58.1 Å². The van der Waals surface area contributed by atoms with Crippen molar-refractivity contribution in [3.05, 3.63) is 35.4 Å². The summed E-state index contributed by atoms with van der Waals surface area (Å²) in [6.07, 6.45) is 2.16. The van der Waals surface area contributed by atoms with Crippen molar-refractivity contribution in [1.82, 2.24) is 4.90 Å². The van der Waals surface area contributed by atoms with E-state index in [1.807, 2.05) is 45.0 Å². The number of esters is 1. The van der Waals surface area contributed by atoms with Gasteiger partial charge in [0.15, 0.2) is 0 Å². The minimum Gasteiger partial charge on any atom is -0.465 e. The van der Waals surface area contributed by atoms with E-state index in [4.69, 9.17) is 4.74 Å². The number of carbonyl (C=O) groups is 2. The number of rotatable bonds is 3. The highest BCUT2D eigenvalue weighted by molar-refractivity contribution is 5.73. The van der Waals surface area contributed by atoms with Gasteiger partial charge in [-0.05, 0) is 51.2 Å². The molecule has 1 fully saturated rings. The summed E-state index contributed by atoms with van der Waals surface area (Å²) in [4.78, 5) is 24.7. The Morgan fingerprint density at radius 2 is 1.87 bits per heavy atom. The SMILES string of the molecule is CC(C)(C)OC(=O)Cc1ccc(C2CCCCN2C(=O)O)cc1. The summed E-state index contributed by atoms with van der Waals surface area (Å²) >= 11 is 0. The molecule has 0 spiro atoms. The molecule has 126 valence electrons. The number of carbonyl (C=O) groups excluding carboxylic acids is 1. The largest absolute Gasteiger partial charge is 0.465 e. The summed E-state index contributed by atoms with van der Waals surface area (Å²) in [7, 11) is 0. The number of hydrogen-bond acceptors (Lipinski definition) is 3. The van der Waals surface area contributed by atoms with E-state index in [0.29, 0.717) is 6.54 Å². The van der Waals surface area contributed by atoms with Crippen LogP contribution in [0, 0.1) is 0 Å². The Kier molecular flexibility index (Phi) is 5.29. The molecular weight excluding hydrogens is 294 g/mol. The second-order valence-corrected chi connectivity index (χ2v) is 6.99. The first-order chi connectivity index (χ1) is 10.8. The molecule has 0 bridgehead atoms. The van der Waals surface area contributed by atoms with E-state index in [-0.39, 0.29) is 18.4 Å². The third kappa shape index (κ3) is 4.98. The third-order valence-corrected chi connectivity index (χ3v) is 3.88. The van der Waals surface area contributed by atoms with Gasteiger partial charge in [-0.3, -0.25) is 4.79 Å². The quantitative estimate of drug-likeness (QED) is 0.861. The molecule has 5 heteroatoms. The molecule has 1 heterocycles. The van der Waals surface area contributed by atoms with Crippen LogP contribution < -0.4 is 0 Å². The van der Waals surface area contributed by atoms with Crippen LogP contribution >= 0.6 is 0 Å². The average Bonchev–Trinajstić information content (AvgIpc) is 2.46. The molecule has 2 rings (SSSR count). The highest BCUT2D eigenvalue weighted by atomic mass is 16.6. The summed E-state index contributed by atoms with van der Waals surface area (Å²) in [6, 6.07) is 7.52. The number of ether oxygens (including phenoxy) is 1. The maximum absolute atomic E-state index is 11.8. The Balaban J connectivity index is 2.04. The second kappa shape index (κ2) is 7.02. The summed E-state index contributed by atoms with van der Waals surface area (Å²) in [5, 5.41) is 9.32. The Hall–Kier alpha value is -2.04. The third-order valence-electron chi connectivity index (χ3n) is 3.88. The normalized spacial score (nSPS) is 18.6. The lowest BCUT2D eigenvalue weighted by molar-refractivity contribution is -0.153. The first kappa shape index (κ1) is 17.3. The van der Waals surface area contributed by atoms with Gasteiger partial charge >= 0.3 is 12.1 Å². The number of piperidine rings is 1. The first-order valence-corrected chi connectivity index (χ1v) is 8.06. The van der Waals surface area contributed by atoms with E-state index in [0.717, 1.165) is 30.4 Å². The van der Waals surface area contributed by atoms with E-state index in [1.165, 1.54) is 4.90 Å². The van der Waals surface area contributed by atoms with Gasteiger partial charge in [0, 0.05) is 6.54 Å². The van der Waals surface area contributed by atoms with Crippen LogP contribution in [0.3, 0.4) is 0 Å². The zero-order valence-corrected chi connectivity index (χ0v) is 14.0. The molecule has 0 aliphatic carbocycles. The second-order valence-electron chi connectivity index (χ2n) is 6.99. The van der Waals surface area contributed by atoms with Gasteiger partial charge in [-0.15, -0.1) is 0 Å². The minimum atomic E-state index is -0.868. The summed E-state index contributed by atoms with van der Waals surface area (Å²) in [5.74, 6) is -0.255. The van der Waals surface area contributed by atoms with Gasteiger partial charge in [0.25, 0.3) is 0 Å². The zero-order chi connectivity index (χ0) is 17.0. The molecule has 1 aliphatic heterocycles. The Labute approximate surface area is 137 Å². The van der Waals surface area contributed by atoms with Crippen LogP contribution in [-0.2, 0) is 16.0 Å². The monoisotopic (exact) mass is 319 g/mol. The van der Waals surface area contributed by atoms with Crippen LogP contribution in [0.1, 0.15) is 57.2 Å². The Morgan fingerprint density at radius 3 is 2.43 bits per heavy atom. The molecule has 0 aromatic heterocycles. The molecule has 1 unspecified atom stereocenters. The van der Waals surface area contributed by atoms with Gasteiger partial charge in [-0.2, -0.15) is 0 Å². The van der Waals surface area contributed by atoms with Gasteiger partial charge < -0.3 is 14.7 Å². The smallest absolute Gasteiger partial charge is 0.407 e. The highest BCUT2D eigenvalue weighted by Crippen LogP contribution is 2.31. The summed E-state index contributed by atoms with van der Waals surface area (Å²) in [6.45, 7) is 6.12. The van der Waals surface area contributed by atoms with E-state index in [2.05, 4.69) is 0 Å². The molecule has 0 radical (unpaired) electrons. The van der Waals surface area contributed by atoms with Crippen molar-refractivity contribution in [2.75, 3.05) is 6.54 Å². The molecule has 1 aromatic carbocycles. The van der Waals surface area contributed by atoms with Crippen molar-refractivity contribution in [3.8, 4) is 0 Å². The van der Waals surface area contributed by atoms with Crippen LogP contribution in [0.4, 0.5) is 4.79 Å². The maximum atomic E-state index is 11.8. The molecule has 23 heavy (non-hydrogen) atoms. The van der Waals surface area contributed by atoms with Gasteiger partial charge in [0.05, 0.1) is 12.5 Å². The van der Waals surface area contributed by atoms with Gasteiger partial charge in [0.2, 0.25) is 0 Å². The van der Waals surface area contributed by atoms with E-state index in [9.17, 15) is 14.7 Å². The highest BCUT2D eigenvalue weighted by Gasteiger charge is 2.27. The van der Waals surface area contributed by atoms with Crippen LogP contribution in [0.15, 0.2) is 24.3 Å². The molecule has 1 N–H and O–H groups in total. The lowest BCUT2D eigenvalue weighted by Crippen LogP contribution is -2.37. The van der Waals surface area contributed by atoms with Crippen LogP contribution in [0.5, 0.6) is 0 Å². The Bertz CT molecular complexity index is 559. The fraction of sp³-hybridized carbons (Fsp3) is 0.556. The van der Waals surface area contributed by atoms with Gasteiger partial charge in [-0.25, -0.2) is 4.79 Å². The predicted molar refractivity (Wildman–Crippen MR) is 87.3 cm³/mol. The molecule has 0 saturated carbocycles. The molecule has 1 aliphatic rings. The first-order valence-electron chi connectivity index (χ1n) is 8.06. The van der Waals surface area contributed by atoms with Crippen molar-refractivity contribution in [1.29, 1.82) is 0 Å². The lowest BCUT2D eigenvalue weighted by Gasteiger charge is -2.33. The van der Waals surface area contributed by atoms with Gasteiger partial charge in [0.1, 0.15) is 5.60 Å². The number of likely N-dealkylation sites (tertiary alicyclic amines) is 1. The molecule has 1 saturated heterocycles. The lowest BCUT2D eigenvalue weighted by atomic mass is 9.94. The standard InChI is InChI=1S/C18H25NO4/c1-18(2,3)23-16(20)12-13-7-9-14(10-8-13)15-6-4-5-11-19(15)17(21)22/h7-10,15H,4-6,11-12H2,1-3H3,(H,21,22). The van der Waals surface area contributed by atoms with E-state index >= 15 is 0 Å². The van der Waals surface area contributed by atoms with Gasteiger partial charge in [-0.1, -0.05) is 24.3 Å². The van der Waals surface area contributed by atoms with Crippen LogP contribution in [-0.4, -0.2) is 34.2 Å². The molecular formula is C18H25NO4. The fourth-order valence-electron chi connectivity index (χ4n) is 2.91. The number of nitrogens with zero attached hydrogens (tertiary/aromatic N) is 1. The average molecular weight is 319 g/mol. The predicted octanol–water partition coefficient (Wildman–Crippen LogP) is 3.78. The van der Waals surface area contributed by atoms with Crippen molar-refractivity contribution >= 4 is 12.1 Å². The van der Waals surface area contributed by atoms with E-state index < -0.39 is 11.7 Å². The summed E-state index contributed by atoms with van der Waals surface area (Å²) < 4.78 is 5.31. The zero-order valence-electron chi connectivity index (χ0n) is 14.0. The maximum Gasteiger partial charge on any atom is 0.407 e. The Morgan fingerprint density at radius 1 is 1.22 bits per heavy atom. The van der Waals surface area contributed by atoms with Crippen molar-refractivity contribution in [2.24, 2.45) is 0 Å². The van der Waals surface area contributed by atoms with Crippen LogP contribution in [0.25, 0.3) is 0 Å². The summed E-state index contributed by atoms with van der Waals surface area (Å²) in [5.41, 5.74) is 1.38.